The van der Waals surface area contributed by atoms with Crippen LogP contribution >= 0.6 is 11.6 Å². The Morgan fingerprint density at radius 3 is 2.89 bits per heavy atom. The molecule has 0 fully saturated rings. The quantitative estimate of drug-likeness (QED) is 0.926. The lowest BCUT2D eigenvalue weighted by Crippen LogP contribution is -1.99. The molecule has 18 heavy (non-hydrogen) atoms. The Balaban J connectivity index is 2.36. The van der Waals surface area contributed by atoms with Crippen molar-refractivity contribution >= 4 is 17.5 Å². The molecule has 1 N–H and O–H groups in total. The number of benzene rings is 1. The predicted molar refractivity (Wildman–Crippen MR) is 67.8 cm³/mol. The van der Waals surface area contributed by atoms with Gasteiger partial charge in [-0.15, -0.1) is 0 Å². The van der Waals surface area contributed by atoms with Crippen LogP contribution in [-0.2, 0) is 0 Å². The fourth-order valence-corrected chi connectivity index (χ4v) is 1.46. The number of nitrogens with zero attached hydrogens (tertiary/aromatic N) is 2. The van der Waals surface area contributed by atoms with E-state index in [0.717, 1.165) is 5.56 Å². The summed E-state index contributed by atoms with van der Waals surface area (Å²) in [6, 6.07) is 4.27. The highest BCUT2D eigenvalue weighted by atomic mass is 35.5. The Kier molecular flexibility index (Phi) is 3.62. The number of anilines is 1. The number of ether oxygens (including phenoxy) is 1. The number of hydrogen-bond donors (Lipinski definition) is 1. The average Bonchev–Trinajstić information content (AvgIpc) is 2.36. The van der Waals surface area contributed by atoms with Crippen LogP contribution in [0.15, 0.2) is 24.4 Å². The van der Waals surface area contributed by atoms with Gasteiger partial charge in [0.15, 0.2) is 0 Å². The second-order valence-corrected chi connectivity index (χ2v) is 4.02. The topological polar surface area (TPSA) is 47.0 Å². The number of rotatable bonds is 3. The second-order valence-electron chi connectivity index (χ2n) is 3.61. The third-order valence-corrected chi connectivity index (χ3v) is 2.55. The molecule has 0 bridgehead atoms. The van der Waals surface area contributed by atoms with Gasteiger partial charge in [-0.05, 0) is 18.6 Å². The minimum absolute atomic E-state index is 0.185. The van der Waals surface area contributed by atoms with Crippen LogP contribution in [0.5, 0.6) is 11.6 Å². The largest absolute Gasteiger partial charge is 0.437 e. The van der Waals surface area contributed by atoms with Crippen molar-refractivity contribution in [2.45, 2.75) is 6.92 Å². The van der Waals surface area contributed by atoms with Gasteiger partial charge in [-0.3, -0.25) is 0 Å². The highest BCUT2D eigenvalue weighted by Crippen LogP contribution is 2.29. The van der Waals surface area contributed by atoms with Crippen LogP contribution in [0.1, 0.15) is 5.56 Å². The van der Waals surface area contributed by atoms with Crippen molar-refractivity contribution in [1.82, 2.24) is 9.97 Å². The molecule has 0 saturated heterocycles. The first-order chi connectivity index (χ1) is 8.60. The van der Waals surface area contributed by atoms with E-state index in [1.54, 1.807) is 13.1 Å². The summed E-state index contributed by atoms with van der Waals surface area (Å²) in [5, 5.41) is 3.03. The SMILES string of the molecule is CNc1ncc(Cl)c(Oc2cc(F)ccc2C)n1. The number of aryl methyl sites for hydroxylation is 1. The molecule has 1 aromatic heterocycles. The number of hydrogen-bond acceptors (Lipinski definition) is 4. The van der Waals surface area contributed by atoms with Crippen molar-refractivity contribution in [3.05, 3.63) is 40.8 Å². The molecule has 2 rings (SSSR count). The van der Waals surface area contributed by atoms with E-state index < -0.39 is 0 Å². The standard InChI is InChI=1S/C12H11ClFN3O/c1-7-3-4-8(14)5-10(7)18-11-9(13)6-16-12(15-2)17-11/h3-6H,1-2H3,(H,15,16,17). The Bertz CT molecular complexity index is 577. The Labute approximate surface area is 109 Å². The summed E-state index contributed by atoms with van der Waals surface area (Å²) in [6.45, 7) is 1.81. The van der Waals surface area contributed by atoms with Gasteiger partial charge in [0.1, 0.15) is 16.6 Å². The normalized spacial score (nSPS) is 10.2. The summed E-state index contributed by atoms with van der Waals surface area (Å²) in [4.78, 5) is 7.99. The molecule has 0 radical (unpaired) electrons. The van der Waals surface area contributed by atoms with Crippen LogP contribution in [0.3, 0.4) is 0 Å². The first-order valence-electron chi connectivity index (χ1n) is 5.24. The van der Waals surface area contributed by atoms with Crippen molar-refractivity contribution in [1.29, 1.82) is 0 Å². The van der Waals surface area contributed by atoms with E-state index >= 15 is 0 Å². The van der Waals surface area contributed by atoms with Crippen molar-refractivity contribution in [2.24, 2.45) is 0 Å². The van der Waals surface area contributed by atoms with Gasteiger partial charge in [-0.1, -0.05) is 17.7 Å². The molecule has 1 heterocycles. The Morgan fingerprint density at radius 1 is 1.39 bits per heavy atom. The first-order valence-corrected chi connectivity index (χ1v) is 5.62. The van der Waals surface area contributed by atoms with Crippen molar-refractivity contribution in [2.75, 3.05) is 12.4 Å². The van der Waals surface area contributed by atoms with Crippen LogP contribution in [0.2, 0.25) is 5.02 Å². The van der Waals surface area contributed by atoms with Crippen molar-refractivity contribution in [3.63, 3.8) is 0 Å². The molecular formula is C12H11ClFN3O. The molecule has 0 atom stereocenters. The maximum atomic E-state index is 13.1. The zero-order valence-electron chi connectivity index (χ0n) is 9.87. The number of nitrogens with one attached hydrogen (secondary N) is 1. The zero-order valence-corrected chi connectivity index (χ0v) is 10.6. The smallest absolute Gasteiger partial charge is 0.243 e. The molecule has 0 spiro atoms. The maximum absolute atomic E-state index is 13.1. The van der Waals surface area contributed by atoms with E-state index in [4.69, 9.17) is 16.3 Å². The van der Waals surface area contributed by atoms with E-state index in [1.165, 1.54) is 18.3 Å². The lowest BCUT2D eigenvalue weighted by atomic mass is 10.2. The van der Waals surface area contributed by atoms with Crippen LogP contribution < -0.4 is 10.1 Å². The Hall–Kier alpha value is -1.88. The molecule has 2 aromatic rings. The van der Waals surface area contributed by atoms with E-state index in [2.05, 4.69) is 15.3 Å². The van der Waals surface area contributed by atoms with Crippen LogP contribution in [0, 0.1) is 12.7 Å². The van der Waals surface area contributed by atoms with Crippen LogP contribution in [0.25, 0.3) is 0 Å². The number of aromatic nitrogens is 2. The molecule has 0 aliphatic carbocycles. The minimum Gasteiger partial charge on any atom is -0.437 e. The summed E-state index contributed by atoms with van der Waals surface area (Å²) < 4.78 is 18.6. The van der Waals surface area contributed by atoms with Gasteiger partial charge in [0.05, 0.1) is 6.20 Å². The van der Waals surface area contributed by atoms with Gasteiger partial charge in [0.2, 0.25) is 11.8 Å². The predicted octanol–water partition coefficient (Wildman–Crippen LogP) is 3.41. The first kappa shape index (κ1) is 12.6. The van der Waals surface area contributed by atoms with Gasteiger partial charge in [0.25, 0.3) is 0 Å². The van der Waals surface area contributed by atoms with Gasteiger partial charge < -0.3 is 10.1 Å². The summed E-state index contributed by atoms with van der Waals surface area (Å²) in [5.74, 6) is 0.556. The molecule has 0 aliphatic heterocycles. The summed E-state index contributed by atoms with van der Waals surface area (Å²) in [5.41, 5.74) is 0.789. The Morgan fingerprint density at radius 2 is 2.17 bits per heavy atom. The fourth-order valence-electron chi connectivity index (χ4n) is 1.33. The van der Waals surface area contributed by atoms with Gasteiger partial charge >= 0.3 is 0 Å². The van der Waals surface area contributed by atoms with Crippen LogP contribution in [0.4, 0.5) is 10.3 Å². The summed E-state index contributed by atoms with van der Waals surface area (Å²) >= 11 is 5.92. The molecular weight excluding hydrogens is 257 g/mol. The van der Waals surface area contributed by atoms with E-state index in [0.29, 0.717) is 11.7 Å². The van der Waals surface area contributed by atoms with E-state index in [1.807, 2.05) is 6.92 Å². The monoisotopic (exact) mass is 267 g/mol. The second kappa shape index (κ2) is 5.18. The highest BCUT2D eigenvalue weighted by molar-refractivity contribution is 6.31. The van der Waals surface area contributed by atoms with Crippen molar-refractivity contribution in [3.8, 4) is 11.6 Å². The van der Waals surface area contributed by atoms with Crippen LogP contribution in [-0.4, -0.2) is 17.0 Å². The zero-order chi connectivity index (χ0) is 13.1. The average molecular weight is 268 g/mol. The molecule has 6 heteroatoms. The third kappa shape index (κ3) is 2.68. The third-order valence-electron chi connectivity index (χ3n) is 2.29. The van der Waals surface area contributed by atoms with Gasteiger partial charge in [-0.2, -0.15) is 4.98 Å². The van der Waals surface area contributed by atoms with Gasteiger partial charge in [-0.25, -0.2) is 9.37 Å². The lowest BCUT2D eigenvalue weighted by Gasteiger charge is -2.09. The van der Waals surface area contributed by atoms with Crippen molar-refractivity contribution < 1.29 is 9.13 Å². The van der Waals surface area contributed by atoms with E-state index in [-0.39, 0.29) is 16.7 Å². The number of halogens is 2. The fraction of sp³-hybridized carbons (Fsp3) is 0.167. The molecule has 0 aliphatic rings. The summed E-state index contributed by atoms with van der Waals surface area (Å²) in [6.07, 6.45) is 1.42. The minimum atomic E-state index is -0.380. The molecule has 1 aromatic carbocycles. The molecule has 4 nitrogen and oxygen atoms in total. The lowest BCUT2D eigenvalue weighted by molar-refractivity contribution is 0.454. The molecule has 0 unspecified atom stereocenters. The van der Waals surface area contributed by atoms with Gasteiger partial charge in [0, 0.05) is 13.1 Å². The molecule has 0 amide bonds. The highest BCUT2D eigenvalue weighted by Gasteiger charge is 2.09. The van der Waals surface area contributed by atoms with E-state index in [9.17, 15) is 4.39 Å². The summed E-state index contributed by atoms with van der Waals surface area (Å²) in [7, 11) is 1.68. The molecule has 94 valence electrons. The maximum Gasteiger partial charge on any atom is 0.243 e. The molecule has 0 saturated carbocycles.